The highest BCUT2D eigenvalue weighted by Crippen LogP contribution is 2.56. The molecule has 3 atom stereocenters. The van der Waals surface area contributed by atoms with Crippen molar-refractivity contribution in [3.05, 3.63) is 23.3 Å². The first kappa shape index (κ1) is 25.6. The zero-order valence-electron chi connectivity index (χ0n) is 21.0. The topological polar surface area (TPSA) is 129 Å². The first-order valence-corrected chi connectivity index (χ1v) is 13.0. The number of carbonyl (C=O) groups excluding carboxylic acids is 1. The lowest BCUT2D eigenvalue weighted by atomic mass is 9.92. The molecule has 3 unspecified atom stereocenters. The lowest BCUT2D eigenvalue weighted by Gasteiger charge is -2.19. The predicted molar refractivity (Wildman–Crippen MR) is 133 cm³/mol. The van der Waals surface area contributed by atoms with E-state index in [9.17, 15) is 4.79 Å². The number of esters is 1. The molecule has 0 radical (unpaired) electrons. The maximum absolute atomic E-state index is 13.0. The lowest BCUT2D eigenvalue weighted by Crippen LogP contribution is -2.29. The number of rotatable bonds is 11. The van der Waals surface area contributed by atoms with E-state index in [1.807, 2.05) is 6.26 Å². The Morgan fingerprint density at radius 1 is 1.00 bits per heavy atom. The fourth-order valence-electron chi connectivity index (χ4n) is 4.47. The Balaban J connectivity index is 1.59. The lowest BCUT2D eigenvalue weighted by molar-refractivity contribution is 0.0385. The molecule has 11 nitrogen and oxygen atoms in total. The molecule has 0 bridgehead atoms. The van der Waals surface area contributed by atoms with Crippen molar-refractivity contribution in [1.82, 2.24) is 0 Å². The maximum atomic E-state index is 13.0. The SMILES string of the molecule is COC(=O)c1cc(OC)c2c(c1-c1c(COC3OC3C(N)CCSC)cc(OC)c3c1OCO3)OCO2. The van der Waals surface area contributed by atoms with E-state index in [0.717, 1.165) is 12.2 Å². The summed E-state index contributed by atoms with van der Waals surface area (Å²) in [6.45, 7) is 0.0434. The Kier molecular flexibility index (Phi) is 7.43. The first-order valence-electron chi connectivity index (χ1n) is 11.6. The highest BCUT2D eigenvalue weighted by molar-refractivity contribution is 7.98. The standard InChI is InChI=1S/C25H29NO10S/c1-28-15-7-12(9-31-25-19(36-25)14(26)5-6-37-4)17(22-20(15)32-10-34-22)18-13(24(27)30-3)8-16(29-2)21-23(18)35-11-33-21/h7-8,14,19,25H,5-6,9-11,26H2,1-4H3. The van der Waals surface area contributed by atoms with E-state index in [4.69, 9.17) is 48.4 Å². The Morgan fingerprint density at radius 2 is 1.62 bits per heavy atom. The minimum Gasteiger partial charge on any atom is -0.493 e. The van der Waals surface area contributed by atoms with Crippen molar-refractivity contribution in [2.75, 3.05) is 46.9 Å². The van der Waals surface area contributed by atoms with E-state index in [0.29, 0.717) is 51.2 Å². The summed E-state index contributed by atoms with van der Waals surface area (Å²) < 4.78 is 51.0. The van der Waals surface area contributed by atoms with Gasteiger partial charge < -0.3 is 48.4 Å². The van der Waals surface area contributed by atoms with Crippen LogP contribution >= 0.6 is 11.8 Å². The van der Waals surface area contributed by atoms with Crippen LogP contribution in [-0.4, -0.2) is 71.3 Å². The van der Waals surface area contributed by atoms with Gasteiger partial charge in [0.1, 0.15) is 6.10 Å². The Labute approximate surface area is 218 Å². The third-order valence-electron chi connectivity index (χ3n) is 6.36. The van der Waals surface area contributed by atoms with Crippen molar-refractivity contribution in [2.24, 2.45) is 5.73 Å². The van der Waals surface area contributed by atoms with Crippen LogP contribution in [0.3, 0.4) is 0 Å². The molecule has 3 heterocycles. The van der Waals surface area contributed by atoms with Crippen LogP contribution in [0.15, 0.2) is 12.1 Å². The van der Waals surface area contributed by atoms with E-state index in [2.05, 4.69) is 0 Å². The number of epoxide rings is 1. The quantitative estimate of drug-likeness (QED) is 0.335. The van der Waals surface area contributed by atoms with Gasteiger partial charge in [0.15, 0.2) is 29.3 Å². The van der Waals surface area contributed by atoms with Crippen LogP contribution in [0.25, 0.3) is 11.1 Å². The number of fused-ring (bicyclic) bond motifs is 2. The van der Waals surface area contributed by atoms with Gasteiger partial charge in [0.05, 0.1) is 33.5 Å². The molecule has 5 rings (SSSR count). The van der Waals surface area contributed by atoms with Crippen LogP contribution in [0.2, 0.25) is 0 Å². The normalized spacial score (nSPS) is 19.5. The molecule has 3 aliphatic rings. The monoisotopic (exact) mass is 535 g/mol. The molecule has 2 N–H and O–H groups in total. The van der Waals surface area contributed by atoms with Gasteiger partial charge in [0.2, 0.25) is 25.1 Å². The second-order valence-corrected chi connectivity index (χ2v) is 9.45. The second-order valence-electron chi connectivity index (χ2n) is 8.46. The molecule has 0 spiro atoms. The van der Waals surface area contributed by atoms with Gasteiger partial charge in [-0.2, -0.15) is 11.8 Å². The van der Waals surface area contributed by atoms with Crippen molar-refractivity contribution in [2.45, 2.75) is 31.5 Å². The van der Waals surface area contributed by atoms with Crippen LogP contribution in [0, 0.1) is 0 Å². The third kappa shape index (κ3) is 4.70. The fraction of sp³-hybridized carbons (Fsp3) is 0.480. The van der Waals surface area contributed by atoms with Crippen LogP contribution in [0.1, 0.15) is 22.3 Å². The van der Waals surface area contributed by atoms with E-state index < -0.39 is 12.3 Å². The van der Waals surface area contributed by atoms with Gasteiger partial charge in [-0.3, -0.25) is 0 Å². The summed E-state index contributed by atoms with van der Waals surface area (Å²) in [4.78, 5) is 13.0. The van der Waals surface area contributed by atoms with Gasteiger partial charge in [-0.05, 0) is 36.1 Å². The smallest absolute Gasteiger partial charge is 0.338 e. The molecule has 3 aliphatic heterocycles. The van der Waals surface area contributed by atoms with Crippen LogP contribution in [0.4, 0.5) is 0 Å². The Morgan fingerprint density at radius 3 is 2.24 bits per heavy atom. The summed E-state index contributed by atoms with van der Waals surface area (Å²) in [6, 6.07) is 3.21. The molecule has 1 fully saturated rings. The summed E-state index contributed by atoms with van der Waals surface area (Å²) in [5.41, 5.74) is 8.05. The number of thioether (sulfide) groups is 1. The summed E-state index contributed by atoms with van der Waals surface area (Å²) in [7, 11) is 4.32. The number of hydrogen-bond acceptors (Lipinski definition) is 12. The highest BCUT2D eigenvalue weighted by atomic mass is 32.2. The molecule has 0 aliphatic carbocycles. The van der Waals surface area contributed by atoms with E-state index in [1.165, 1.54) is 21.3 Å². The number of hydrogen-bond donors (Lipinski definition) is 1. The zero-order valence-corrected chi connectivity index (χ0v) is 21.8. The van der Waals surface area contributed by atoms with Crippen LogP contribution in [0.5, 0.6) is 34.5 Å². The minimum atomic E-state index is -0.590. The summed E-state index contributed by atoms with van der Waals surface area (Å²) in [6.07, 6.45) is 2.24. The number of nitrogens with two attached hydrogens (primary N) is 1. The average molecular weight is 536 g/mol. The molecular formula is C25H29NO10S. The molecule has 200 valence electrons. The molecular weight excluding hydrogens is 506 g/mol. The van der Waals surface area contributed by atoms with E-state index >= 15 is 0 Å². The molecule has 2 aromatic rings. The molecule has 0 amide bonds. The van der Waals surface area contributed by atoms with Crippen molar-refractivity contribution in [3.63, 3.8) is 0 Å². The summed E-state index contributed by atoms with van der Waals surface area (Å²) >= 11 is 1.73. The van der Waals surface area contributed by atoms with Crippen molar-refractivity contribution in [3.8, 4) is 45.6 Å². The second kappa shape index (κ2) is 10.7. The molecule has 37 heavy (non-hydrogen) atoms. The largest absolute Gasteiger partial charge is 0.493 e. The molecule has 1 saturated heterocycles. The Hall–Kier alpha value is -3.06. The third-order valence-corrected chi connectivity index (χ3v) is 7.00. The van der Waals surface area contributed by atoms with Gasteiger partial charge in [-0.25, -0.2) is 4.79 Å². The molecule has 0 saturated carbocycles. The number of carbonyl (C=O) groups is 1. The molecule has 0 aromatic heterocycles. The number of methoxy groups -OCH3 is 3. The summed E-state index contributed by atoms with van der Waals surface area (Å²) in [5, 5.41) is 0. The molecule has 2 aromatic carbocycles. The van der Waals surface area contributed by atoms with Crippen molar-refractivity contribution in [1.29, 1.82) is 0 Å². The van der Waals surface area contributed by atoms with Gasteiger partial charge in [0.25, 0.3) is 0 Å². The van der Waals surface area contributed by atoms with Crippen LogP contribution < -0.4 is 34.2 Å². The maximum Gasteiger partial charge on any atom is 0.338 e. The minimum absolute atomic E-state index is 0.0234. The summed E-state index contributed by atoms with van der Waals surface area (Å²) in [5.74, 6) is 2.63. The van der Waals surface area contributed by atoms with Gasteiger partial charge in [-0.15, -0.1) is 0 Å². The number of ether oxygens (including phenoxy) is 9. The van der Waals surface area contributed by atoms with Gasteiger partial charge in [0, 0.05) is 17.2 Å². The van der Waals surface area contributed by atoms with Gasteiger partial charge in [-0.1, -0.05) is 0 Å². The average Bonchev–Trinajstić information content (AvgIpc) is 3.27. The zero-order chi connectivity index (χ0) is 26.1. The Bertz CT molecular complexity index is 1190. The first-order chi connectivity index (χ1) is 18.0. The highest BCUT2D eigenvalue weighted by Gasteiger charge is 2.45. The number of benzene rings is 2. The van der Waals surface area contributed by atoms with Crippen LogP contribution in [-0.2, 0) is 20.8 Å². The van der Waals surface area contributed by atoms with Crippen molar-refractivity contribution >= 4 is 17.7 Å². The van der Waals surface area contributed by atoms with Gasteiger partial charge >= 0.3 is 5.97 Å². The van der Waals surface area contributed by atoms with E-state index in [1.54, 1.807) is 23.9 Å². The predicted octanol–water partition coefficient (Wildman–Crippen LogP) is 2.94. The molecule has 12 heteroatoms. The van der Waals surface area contributed by atoms with Crippen molar-refractivity contribution < 1.29 is 47.4 Å². The van der Waals surface area contributed by atoms with E-state index in [-0.39, 0.29) is 37.9 Å². The fourth-order valence-corrected chi connectivity index (χ4v) is 4.98.